The Balaban J connectivity index is 1.27. The molecule has 36 heavy (non-hydrogen) atoms. The number of nitrogens with zero attached hydrogens (tertiary/aromatic N) is 1. The molecule has 1 N–H and O–H groups in total. The van der Waals surface area contributed by atoms with Crippen molar-refractivity contribution >= 4 is 5.97 Å². The van der Waals surface area contributed by atoms with E-state index < -0.39 is 12.3 Å². The Morgan fingerprint density at radius 1 is 0.972 bits per heavy atom. The largest absolute Gasteiger partial charge is 0.573 e. The van der Waals surface area contributed by atoms with E-state index in [0.29, 0.717) is 22.9 Å². The van der Waals surface area contributed by atoms with Crippen LogP contribution in [-0.2, 0) is 11.3 Å². The summed E-state index contributed by atoms with van der Waals surface area (Å²) in [5.74, 6) is -0.0300. The molecular formula is C27H26F3NO5. The van der Waals surface area contributed by atoms with Crippen LogP contribution in [0.3, 0.4) is 0 Å². The first-order valence-electron chi connectivity index (χ1n) is 12.1. The second kappa shape index (κ2) is 9.97. The lowest BCUT2D eigenvalue weighted by Gasteiger charge is -2.29. The van der Waals surface area contributed by atoms with Gasteiger partial charge in [0.2, 0.25) is 0 Å². The number of hydrogen-bond acceptors (Lipinski definition) is 5. The smallest absolute Gasteiger partial charge is 0.478 e. The summed E-state index contributed by atoms with van der Waals surface area (Å²) in [5, 5.41) is 13.2. The monoisotopic (exact) mass is 501 g/mol. The molecule has 0 bridgehead atoms. The van der Waals surface area contributed by atoms with E-state index >= 15 is 0 Å². The molecule has 6 nitrogen and oxygen atoms in total. The van der Waals surface area contributed by atoms with Crippen molar-refractivity contribution in [1.29, 1.82) is 0 Å². The minimum absolute atomic E-state index is 0.0102. The Bertz CT molecular complexity index is 1210. The van der Waals surface area contributed by atoms with E-state index in [1.165, 1.54) is 12.1 Å². The summed E-state index contributed by atoms with van der Waals surface area (Å²) in [6.07, 6.45) is 0.578. The predicted molar refractivity (Wildman–Crippen MR) is 124 cm³/mol. The minimum Gasteiger partial charge on any atom is -0.478 e. The van der Waals surface area contributed by atoms with Gasteiger partial charge in [-0.25, -0.2) is 4.79 Å². The summed E-state index contributed by atoms with van der Waals surface area (Å²) in [6, 6.07) is 12.9. The Labute approximate surface area is 206 Å². The quantitative estimate of drug-likeness (QED) is 0.356. The molecule has 2 fully saturated rings. The number of benzene rings is 2. The summed E-state index contributed by atoms with van der Waals surface area (Å²) in [4.78, 5) is 11.1. The zero-order chi connectivity index (χ0) is 25.3. The molecule has 190 valence electrons. The van der Waals surface area contributed by atoms with Crippen LogP contribution in [0.5, 0.6) is 5.75 Å². The Kier molecular flexibility index (Phi) is 6.75. The average Bonchev–Trinajstić information content (AvgIpc) is 3.62. The third-order valence-corrected chi connectivity index (χ3v) is 6.90. The van der Waals surface area contributed by atoms with Gasteiger partial charge in [-0.1, -0.05) is 29.4 Å². The highest BCUT2D eigenvalue weighted by Crippen LogP contribution is 2.46. The van der Waals surface area contributed by atoms with Gasteiger partial charge in [-0.05, 0) is 74.3 Å². The number of halogens is 3. The van der Waals surface area contributed by atoms with Crippen LogP contribution >= 0.6 is 0 Å². The number of ether oxygens (including phenoxy) is 2. The number of carboxylic acid groups (broad SMARTS) is 1. The summed E-state index contributed by atoms with van der Waals surface area (Å²) in [7, 11) is 0. The van der Waals surface area contributed by atoms with Crippen molar-refractivity contribution in [2.75, 3.05) is 0 Å². The van der Waals surface area contributed by atoms with Gasteiger partial charge < -0.3 is 19.1 Å². The Morgan fingerprint density at radius 3 is 2.28 bits per heavy atom. The van der Waals surface area contributed by atoms with E-state index in [4.69, 9.17) is 14.4 Å². The number of rotatable bonds is 8. The topological polar surface area (TPSA) is 81.8 Å². The van der Waals surface area contributed by atoms with Gasteiger partial charge in [0.25, 0.3) is 0 Å². The summed E-state index contributed by atoms with van der Waals surface area (Å²) in [6.45, 7) is 0.202. The van der Waals surface area contributed by atoms with E-state index in [0.717, 1.165) is 44.1 Å². The lowest BCUT2D eigenvalue weighted by molar-refractivity contribution is -0.274. The highest BCUT2D eigenvalue weighted by Gasteiger charge is 2.36. The molecule has 2 aliphatic rings. The lowest BCUT2D eigenvalue weighted by Crippen LogP contribution is -2.21. The molecule has 0 spiro atoms. The molecular weight excluding hydrogens is 475 g/mol. The number of carbonyl (C=O) groups is 1. The molecule has 2 aliphatic carbocycles. The number of para-hydroxylation sites is 1. The molecule has 0 radical (unpaired) electrons. The normalized spacial score (nSPS) is 20.3. The number of aromatic carboxylic acids is 1. The second-order valence-electron chi connectivity index (χ2n) is 9.40. The number of alkyl halides is 3. The summed E-state index contributed by atoms with van der Waals surface area (Å²) in [5.41, 5.74) is 2.62. The molecule has 2 saturated carbocycles. The maximum absolute atomic E-state index is 13.0. The molecule has 3 aromatic rings. The van der Waals surface area contributed by atoms with E-state index in [2.05, 4.69) is 9.89 Å². The fourth-order valence-electron chi connectivity index (χ4n) is 4.88. The van der Waals surface area contributed by atoms with Crippen LogP contribution < -0.4 is 4.74 Å². The van der Waals surface area contributed by atoms with Gasteiger partial charge in [0.15, 0.2) is 0 Å². The van der Waals surface area contributed by atoms with Crippen LogP contribution in [-0.4, -0.2) is 28.7 Å². The zero-order valence-corrected chi connectivity index (χ0v) is 19.5. The second-order valence-corrected chi connectivity index (χ2v) is 9.40. The van der Waals surface area contributed by atoms with Crippen molar-refractivity contribution in [2.24, 2.45) is 0 Å². The van der Waals surface area contributed by atoms with Crippen LogP contribution in [0.15, 0.2) is 53.1 Å². The molecule has 0 saturated heterocycles. The molecule has 0 atom stereocenters. The highest BCUT2D eigenvalue weighted by atomic mass is 19.4. The summed E-state index contributed by atoms with van der Waals surface area (Å²) >= 11 is 0. The Morgan fingerprint density at radius 2 is 1.64 bits per heavy atom. The molecule has 5 rings (SSSR count). The van der Waals surface area contributed by atoms with Gasteiger partial charge in [0.05, 0.1) is 18.3 Å². The fourth-order valence-corrected chi connectivity index (χ4v) is 4.88. The fraction of sp³-hybridized carbons (Fsp3) is 0.407. The predicted octanol–water partition coefficient (Wildman–Crippen LogP) is 7.06. The van der Waals surface area contributed by atoms with E-state index in [1.807, 2.05) is 12.1 Å². The number of carboxylic acids is 1. The van der Waals surface area contributed by atoms with E-state index in [9.17, 15) is 18.0 Å². The minimum atomic E-state index is -4.82. The van der Waals surface area contributed by atoms with Gasteiger partial charge in [-0.15, -0.1) is 13.2 Å². The number of aromatic nitrogens is 1. The number of hydrogen-bond donors (Lipinski definition) is 1. The van der Waals surface area contributed by atoms with Crippen LogP contribution in [0.4, 0.5) is 13.2 Å². The molecule has 9 heteroatoms. The molecule has 1 aromatic heterocycles. The first-order chi connectivity index (χ1) is 17.3. The third-order valence-electron chi connectivity index (χ3n) is 6.90. The third kappa shape index (κ3) is 5.56. The van der Waals surface area contributed by atoms with E-state index in [1.54, 1.807) is 24.3 Å². The van der Waals surface area contributed by atoms with Crippen LogP contribution in [0.1, 0.15) is 77.6 Å². The highest BCUT2D eigenvalue weighted by molar-refractivity contribution is 5.87. The van der Waals surface area contributed by atoms with Crippen LogP contribution in [0, 0.1) is 0 Å². The van der Waals surface area contributed by atoms with Gasteiger partial charge in [0, 0.05) is 17.0 Å². The van der Waals surface area contributed by atoms with Gasteiger partial charge in [-0.3, -0.25) is 0 Å². The molecule has 2 aromatic carbocycles. The maximum atomic E-state index is 13.0. The van der Waals surface area contributed by atoms with Crippen molar-refractivity contribution in [1.82, 2.24) is 5.16 Å². The lowest BCUT2D eigenvalue weighted by atomic mass is 9.82. The molecule has 1 heterocycles. The summed E-state index contributed by atoms with van der Waals surface area (Å²) < 4.78 is 55.0. The molecule has 0 amide bonds. The first-order valence-corrected chi connectivity index (χ1v) is 12.1. The standard InChI is InChI=1S/C27H26F3NO5/c28-27(29,30)35-23-4-2-1-3-21(23)24-22(25(36-31-24)18-7-8-18)15-34-20-13-11-17(12-14-20)16-5-9-19(10-6-16)26(32)33/h1-6,9-10,17-18,20H,7-8,11-15H2,(H,32,33)/t17-,20-. The average molecular weight is 502 g/mol. The molecule has 0 aliphatic heterocycles. The van der Waals surface area contributed by atoms with Crippen molar-refractivity contribution in [3.8, 4) is 17.0 Å². The van der Waals surface area contributed by atoms with E-state index in [-0.39, 0.29) is 35.5 Å². The maximum Gasteiger partial charge on any atom is 0.573 e. The Hall–Kier alpha value is -3.33. The van der Waals surface area contributed by atoms with Crippen LogP contribution in [0.2, 0.25) is 0 Å². The van der Waals surface area contributed by atoms with Crippen molar-refractivity contribution in [3.63, 3.8) is 0 Å². The first kappa shape index (κ1) is 24.4. The van der Waals surface area contributed by atoms with Gasteiger partial charge in [0.1, 0.15) is 17.2 Å². The van der Waals surface area contributed by atoms with Crippen molar-refractivity contribution < 1.29 is 37.1 Å². The zero-order valence-electron chi connectivity index (χ0n) is 19.5. The van der Waals surface area contributed by atoms with Crippen molar-refractivity contribution in [3.05, 3.63) is 71.0 Å². The van der Waals surface area contributed by atoms with Crippen LogP contribution in [0.25, 0.3) is 11.3 Å². The van der Waals surface area contributed by atoms with Gasteiger partial charge >= 0.3 is 12.3 Å². The SMILES string of the molecule is O=C(O)c1ccc([C@H]2CC[C@H](OCc3c(-c4ccccc4OC(F)(F)F)noc3C3CC3)CC2)cc1. The van der Waals surface area contributed by atoms with Gasteiger partial charge in [-0.2, -0.15) is 0 Å². The molecule has 0 unspecified atom stereocenters. The van der Waals surface area contributed by atoms with Crippen molar-refractivity contribution in [2.45, 2.75) is 69.4 Å².